The summed E-state index contributed by atoms with van der Waals surface area (Å²) in [6.07, 6.45) is 7.35. The van der Waals surface area contributed by atoms with Crippen LogP contribution in [0.4, 0.5) is 4.39 Å². The van der Waals surface area contributed by atoms with Gasteiger partial charge in [0.05, 0.1) is 13.0 Å². The van der Waals surface area contributed by atoms with Gasteiger partial charge in [-0.3, -0.25) is 4.79 Å². The number of aliphatic carboxylic acids is 1. The Morgan fingerprint density at radius 3 is 2.37 bits per heavy atom. The van der Waals surface area contributed by atoms with E-state index < -0.39 is 5.97 Å². The molecule has 0 atom stereocenters. The van der Waals surface area contributed by atoms with Crippen molar-refractivity contribution in [2.75, 3.05) is 6.61 Å². The summed E-state index contributed by atoms with van der Waals surface area (Å²) in [6.45, 7) is 10.9. The predicted octanol–water partition coefficient (Wildman–Crippen LogP) is 6.00. The second-order valence-electron chi connectivity index (χ2n) is 8.04. The first-order chi connectivity index (χ1) is 14.3. The number of hydrogen-bond acceptors (Lipinski definition) is 2. The number of carbonyl (C=O) groups is 1. The molecule has 3 rings (SSSR count). The summed E-state index contributed by atoms with van der Waals surface area (Å²) < 4.78 is 20.2. The minimum Gasteiger partial charge on any atom is -0.490 e. The van der Waals surface area contributed by atoms with Gasteiger partial charge in [-0.1, -0.05) is 26.0 Å². The molecule has 4 heteroatoms. The number of carboxylic acids is 1. The molecule has 0 fully saturated rings. The van der Waals surface area contributed by atoms with Crippen molar-refractivity contribution in [2.45, 2.75) is 66.7 Å². The number of hydrogen-bond donors (Lipinski definition) is 1. The van der Waals surface area contributed by atoms with Crippen LogP contribution in [0.2, 0.25) is 0 Å². The van der Waals surface area contributed by atoms with Gasteiger partial charge in [0.15, 0.2) is 11.6 Å². The Hall–Kier alpha value is -2.62. The summed E-state index contributed by atoms with van der Waals surface area (Å²) in [5, 5.41) is 9.51. The molecule has 1 heterocycles. The first kappa shape index (κ1) is 22.1. The highest BCUT2D eigenvalue weighted by atomic mass is 19.1. The lowest BCUT2D eigenvalue weighted by Gasteiger charge is -2.22. The molecule has 0 aromatic heterocycles. The van der Waals surface area contributed by atoms with Crippen LogP contribution in [0.1, 0.15) is 70.3 Å². The summed E-state index contributed by atoms with van der Waals surface area (Å²) in [7, 11) is 0. The van der Waals surface area contributed by atoms with E-state index in [1.165, 1.54) is 17.2 Å². The molecule has 0 saturated heterocycles. The van der Waals surface area contributed by atoms with E-state index in [2.05, 4.69) is 20.8 Å². The molecule has 2 aromatic rings. The molecule has 0 saturated carbocycles. The Morgan fingerprint density at radius 1 is 1.07 bits per heavy atom. The Labute approximate surface area is 178 Å². The van der Waals surface area contributed by atoms with Crippen molar-refractivity contribution in [3.8, 4) is 5.75 Å². The number of rotatable bonds is 6. The van der Waals surface area contributed by atoms with E-state index in [1.54, 1.807) is 0 Å². The number of ether oxygens (including phenoxy) is 1. The molecule has 0 amide bonds. The van der Waals surface area contributed by atoms with Crippen molar-refractivity contribution in [2.24, 2.45) is 0 Å². The molecule has 30 heavy (non-hydrogen) atoms. The minimum absolute atomic E-state index is 0.0191. The van der Waals surface area contributed by atoms with Gasteiger partial charge in [-0.05, 0) is 97.0 Å². The number of halogens is 1. The predicted molar refractivity (Wildman–Crippen MR) is 120 cm³/mol. The number of benzene rings is 2. The zero-order valence-electron chi connectivity index (χ0n) is 18.6. The monoisotopic (exact) mass is 410 g/mol. The summed E-state index contributed by atoms with van der Waals surface area (Å²) >= 11 is 0. The first-order valence-electron chi connectivity index (χ1n) is 10.8. The third-order valence-electron chi connectivity index (χ3n) is 6.39. The van der Waals surface area contributed by atoms with Crippen molar-refractivity contribution in [1.29, 1.82) is 0 Å². The second-order valence-corrected chi connectivity index (χ2v) is 8.04. The lowest BCUT2D eigenvalue weighted by molar-refractivity contribution is -0.136. The van der Waals surface area contributed by atoms with Gasteiger partial charge in [-0.15, -0.1) is 0 Å². The van der Waals surface area contributed by atoms with Crippen molar-refractivity contribution in [3.63, 3.8) is 0 Å². The maximum absolute atomic E-state index is 14.6. The molecule has 0 bridgehead atoms. The summed E-state index contributed by atoms with van der Waals surface area (Å²) in [5.41, 5.74) is 9.28. The highest BCUT2D eigenvalue weighted by Crippen LogP contribution is 2.35. The van der Waals surface area contributed by atoms with Crippen molar-refractivity contribution >= 4 is 18.1 Å². The van der Waals surface area contributed by atoms with Gasteiger partial charge in [0.2, 0.25) is 0 Å². The molecule has 1 N–H and O–H groups in total. The van der Waals surface area contributed by atoms with Gasteiger partial charge < -0.3 is 9.84 Å². The topological polar surface area (TPSA) is 46.5 Å². The Balaban J connectivity index is 2.17. The summed E-state index contributed by atoms with van der Waals surface area (Å²) in [6, 6.07) is 1.52. The van der Waals surface area contributed by atoms with Gasteiger partial charge in [-0.25, -0.2) is 4.39 Å². The third-order valence-corrected chi connectivity index (χ3v) is 6.39. The fraction of sp³-hybridized carbons (Fsp3) is 0.423. The van der Waals surface area contributed by atoms with Crippen LogP contribution in [0.3, 0.4) is 0 Å². The number of carboxylic acid groups (broad SMARTS) is 1. The highest BCUT2D eigenvalue weighted by Gasteiger charge is 2.21. The molecule has 1 aliphatic rings. The molecule has 0 aliphatic carbocycles. The standard InChI is InChI=1S/C26H31FO3/c1-6-19-16(4)21(23(14-25(28)29)17(5)20(19)7-2)11-10-18-13-24(27)26-22(15(18)3)9-8-12-30-26/h10-11,13H,6-9,12,14H2,1-5H3,(H,28,29)/b11-10+. The average molecular weight is 411 g/mol. The van der Waals surface area contributed by atoms with E-state index in [4.69, 9.17) is 4.74 Å². The zero-order chi connectivity index (χ0) is 22.0. The van der Waals surface area contributed by atoms with Crippen LogP contribution in [-0.2, 0) is 30.5 Å². The molecule has 160 valence electrons. The van der Waals surface area contributed by atoms with Gasteiger partial charge in [0, 0.05) is 5.56 Å². The molecule has 0 unspecified atom stereocenters. The van der Waals surface area contributed by atoms with Crippen LogP contribution in [0, 0.1) is 26.6 Å². The first-order valence-corrected chi connectivity index (χ1v) is 10.8. The van der Waals surface area contributed by atoms with E-state index in [1.807, 2.05) is 26.0 Å². The summed E-state index contributed by atoms with van der Waals surface area (Å²) in [4.78, 5) is 11.6. The minimum atomic E-state index is -0.841. The molecule has 0 spiro atoms. The zero-order valence-corrected chi connectivity index (χ0v) is 18.6. The number of fused-ring (bicyclic) bond motifs is 1. The maximum atomic E-state index is 14.6. The molecular formula is C26H31FO3. The molecule has 3 nitrogen and oxygen atoms in total. The molecular weight excluding hydrogens is 379 g/mol. The lowest BCUT2D eigenvalue weighted by Crippen LogP contribution is -2.12. The molecule has 0 radical (unpaired) electrons. The maximum Gasteiger partial charge on any atom is 0.307 e. The van der Waals surface area contributed by atoms with Crippen LogP contribution in [0.5, 0.6) is 5.75 Å². The van der Waals surface area contributed by atoms with Crippen LogP contribution in [-0.4, -0.2) is 17.7 Å². The van der Waals surface area contributed by atoms with Crippen LogP contribution < -0.4 is 4.74 Å². The van der Waals surface area contributed by atoms with Crippen molar-refractivity contribution < 1.29 is 19.0 Å². The van der Waals surface area contributed by atoms with E-state index >= 15 is 0 Å². The van der Waals surface area contributed by atoms with Crippen molar-refractivity contribution in [1.82, 2.24) is 0 Å². The van der Waals surface area contributed by atoms with Gasteiger partial charge in [0.1, 0.15) is 0 Å². The molecule has 1 aliphatic heterocycles. The third kappa shape index (κ3) is 4.00. The summed E-state index contributed by atoms with van der Waals surface area (Å²) in [5.74, 6) is -0.786. The lowest BCUT2D eigenvalue weighted by atomic mass is 9.84. The fourth-order valence-electron chi connectivity index (χ4n) is 4.81. The quantitative estimate of drug-likeness (QED) is 0.594. The SMILES string of the molecule is CCc1c(C)c(/C=C/c2cc(F)c3c(c2C)CCCO3)c(CC(=O)O)c(C)c1CC. The van der Waals surface area contributed by atoms with Crippen LogP contribution in [0.25, 0.3) is 12.2 Å². The fourth-order valence-corrected chi connectivity index (χ4v) is 4.81. The van der Waals surface area contributed by atoms with Gasteiger partial charge >= 0.3 is 5.97 Å². The van der Waals surface area contributed by atoms with E-state index in [-0.39, 0.29) is 12.2 Å². The second kappa shape index (κ2) is 9.03. The molecule has 2 aromatic carbocycles. The van der Waals surface area contributed by atoms with E-state index in [0.29, 0.717) is 12.4 Å². The Bertz CT molecular complexity index is 1020. The Morgan fingerprint density at radius 2 is 1.73 bits per heavy atom. The van der Waals surface area contributed by atoms with Crippen molar-refractivity contribution in [3.05, 3.63) is 62.0 Å². The van der Waals surface area contributed by atoms with Crippen LogP contribution in [0.15, 0.2) is 6.07 Å². The highest BCUT2D eigenvalue weighted by molar-refractivity contribution is 5.80. The van der Waals surface area contributed by atoms with E-state index in [9.17, 15) is 14.3 Å². The van der Waals surface area contributed by atoms with Gasteiger partial charge in [-0.2, -0.15) is 0 Å². The van der Waals surface area contributed by atoms with Gasteiger partial charge in [0.25, 0.3) is 0 Å². The average Bonchev–Trinajstić information content (AvgIpc) is 2.72. The normalized spacial score (nSPS) is 13.4. The largest absolute Gasteiger partial charge is 0.490 e. The van der Waals surface area contributed by atoms with E-state index in [0.717, 1.165) is 64.6 Å². The van der Waals surface area contributed by atoms with Crippen LogP contribution >= 0.6 is 0 Å². The smallest absolute Gasteiger partial charge is 0.307 e. The Kier molecular flexibility index (Phi) is 6.64.